The van der Waals surface area contributed by atoms with Crippen molar-refractivity contribution in [2.75, 3.05) is 6.54 Å². The van der Waals surface area contributed by atoms with Crippen LogP contribution in [-0.4, -0.2) is 22.2 Å². The third-order valence-electron chi connectivity index (χ3n) is 2.73. The van der Waals surface area contributed by atoms with Gasteiger partial charge in [0.05, 0.1) is 5.60 Å². The second-order valence-electron chi connectivity index (χ2n) is 3.90. The van der Waals surface area contributed by atoms with E-state index in [4.69, 9.17) is 0 Å². The fraction of sp³-hybridized carbons (Fsp3) is 0.600. The van der Waals surface area contributed by atoms with Crippen LogP contribution in [0.5, 0.6) is 0 Å². The molecular weight excluding hydrogens is 164 g/mol. The molecular formula is C10H16N2O. The molecule has 13 heavy (non-hydrogen) atoms. The summed E-state index contributed by atoms with van der Waals surface area (Å²) in [4.78, 5) is 3.00. The normalized spacial score (nSPS) is 19.8. The summed E-state index contributed by atoms with van der Waals surface area (Å²) in [6, 6.07) is 2.04. The van der Waals surface area contributed by atoms with Gasteiger partial charge in [0.1, 0.15) is 0 Å². The van der Waals surface area contributed by atoms with E-state index in [1.54, 1.807) is 0 Å². The Morgan fingerprint density at radius 1 is 1.54 bits per heavy atom. The van der Waals surface area contributed by atoms with Crippen LogP contribution in [0.3, 0.4) is 0 Å². The summed E-state index contributed by atoms with van der Waals surface area (Å²) < 4.78 is 0. The van der Waals surface area contributed by atoms with Gasteiger partial charge in [-0.05, 0) is 30.9 Å². The SMILES string of the molecule is OC1(CNCc2cc[nH]c2)CCC1. The fourth-order valence-corrected chi connectivity index (χ4v) is 1.67. The highest BCUT2D eigenvalue weighted by molar-refractivity contribution is 5.07. The van der Waals surface area contributed by atoms with E-state index in [0.29, 0.717) is 0 Å². The molecule has 1 aliphatic rings. The van der Waals surface area contributed by atoms with Crippen LogP contribution in [0.1, 0.15) is 24.8 Å². The maximum atomic E-state index is 9.77. The molecule has 3 heteroatoms. The molecule has 1 aliphatic carbocycles. The number of hydrogen-bond donors (Lipinski definition) is 3. The smallest absolute Gasteiger partial charge is 0.0771 e. The molecule has 0 spiro atoms. The largest absolute Gasteiger partial charge is 0.389 e. The number of H-pyrrole nitrogens is 1. The summed E-state index contributed by atoms with van der Waals surface area (Å²) in [7, 11) is 0. The number of aromatic amines is 1. The van der Waals surface area contributed by atoms with E-state index in [1.165, 1.54) is 12.0 Å². The zero-order chi connectivity index (χ0) is 9.15. The summed E-state index contributed by atoms with van der Waals surface area (Å²) in [6.07, 6.45) is 6.95. The van der Waals surface area contributed by atoms with Gasteiger partial charge in [-0.15, -0.1) is 0 Å². The van der Waals surface area contributed by atoms with Crippen LogP contribution < -0.4 is 5.32 Å². The molecule has 0 bridgehead atoms. The first-order valence-corrected chi connectivity index (χ1v) is 4.83. The predicted molar refractivity (Wildman–Crippen MR) is 51.3 cm³/mol. The lowest BCUT2D eigenvalue weighted by Crippen LogP contribution is -2.45. The van der Waals surface area contributed by atoms with E-state index >= 15 is 0 Å². The molecule has 1 aromatic heterocycles. The highest BCUT2D eigenvalue weighted by Crippen LogP contribution is 2.30. The zero-order valence-electron chi connectivity index (χ0n) is 7.71. The molecule has 0 aliphatic heterocycles. The van der Waals surface area contributed by atoms with Crippen LogP contribution in [0, 0.1) is 0 Å². The Bertz CT molecular complexity index is 252. The van der Waals surface area contributed by atoms with Crippen molar-refractivity contribution in [2.45, 2.75) is 31.4 Å². The van der Waals surface area contributed by atoms with Crippen molar-refractivity contribution >= 4 is 0 Å². The topological polar surface area (TPSA) is 48.0 Å². The third-order valence-corrected chi connectivity index (χ3v) is 2.73. The summed E-state index contributed by atoms with van der Waals surface area (Å²) in [5.41, 5.74) is 0.832. The van der Waals surface area contributed by atoms with Crippen LogP contribution in [-0.2, 0) is 6.54 Å². The Morgan fingerprint density at radius 3 is 2.92 bits per heavy atom. The minimum atomic E-state index is -0.406. The maximum absolute atomic E-state index is 9.77. The van der Waals surface area contributed by atoms with Gasteiger partial charge in [-0.1, -0.05) is 0 Å². The van der Waals surface area contributed by atoms with Gasteiger partial charge in [-0.25, -0.2) is 0 Å². The van der Waals surface area contributed by atoms with Gasteiger partial charge in [0, 0.05) is 25.5 Å². The van der Waals surface area contributed by atoms with Gasteiger partial charge >= 0.3 is 0 Å². The molecule has 1 fully saturated rings. The summed E-state index contributed by atoms with van der Waals surface area (Å²) in [6.45, 7) is 1.56. The highest BCUT2D eigenvalue weighted by atomic mass is 16.3. The molecule has 3 N–H and O–H groups in total. The van der Waals surface area contributed by atoms with E-state index in [0.717, 1.165) is 25.9 Å². The van der Waals surface area contributed by atoms with Crippen molar-refractivity contribution in [3.05, 3.63) is 24.0 Å². The van der Waals surface area contributed by atoms with Crippen molar-refractivity contribution in [2.24, 2.45) is 0 Å². The number of aromatic nitrogens is 1. The maximum Gasteiger partial charge on any atom is 0.0771 e. The lowest BCUT2D eigenvalue weighted by molar-refractivity contribution is -0.0314. The summed E-state index contributed by atoms with van der Waals surface area (Å²) >= 11 is 0. The first kappa shape index (κ1) is 8.78. The first-order chi connectivity index (χ1) is 6.29. The van der Waals surface area contributed by atoms with Crippen LogP contribution in [0.25, 0.3) is 0 Å². The molecule has 2 rings (SSSR count). The molecule has 0 amide bonds. The molecule has 0 radical (unpaired) electrons. The molecule has 1 heterocycles. The fourth-order valence-electron chi connectivity index (χ4n) is 1.67. The van der Waals surface area contributed by atoms with Crippen LogP contribution >= 0.6 is 0 Å². The van der Waals surface area contributed by atoms with Crippen molar-refractivity contribution in [3.63, 3.8) is 0 Å². The van der Waals surface area contributed by atoms with Gasteiger partial charge in [0.15, 0.2) is 0 Å². The molecule has 0 atom stereocenters. The Labute approximate surface area is 78.2 Å². The lowest BCUT2D eigenvalue weighted by Gasteiger charge is -2.36. The second-order valence-corrected chi connectivity index (χ2v) is 3.90. The van der Waals surface area contributed by atoms with E-state index in [9.17, 15) is 5.11 Å². The van der Waals surface area contributed by atoms with Crippen LogP contribution in [0.4, 0.5) is 0 Å². The second kappa shape index (κ2) is 3.52. The van der Waals surface area contributed by atoms with E-state index in [1.807, 2.05) is 18.5 Å². The molecule has 1 saturated carbocycles. The number of hydrogen-bond acceptors (Lipinski definition) is 2. The summed E-state index contributed by atoms with van der Waals surface area (Å²) in [5.74, 6) is 0. The molecule has 0 saturated heterocycles. The van der Waals surface area contributed by atoms with Crippen LogP contribution in [0.15, 0.2) is 18.5 Å². The standard InChI is InChI=1S/C10H16N2O/c13-10(3-1-4-10)8-12-7-9-2-5-11-6-9/h2,5-6,11-13H,1,3-4,7-8H2. The zero-order valence-corrected chi connectivity index (χ0v) is 7.71. The predicted octanol–water partition coefficient (Wildman–Crippen LogP) is 1.02. The Morgan fingerprint density at radius 2 is 2.38 bits per heavy atom. The average Bonchev–Trinajstić information content (AvgIpc) is 2.54. The molecule has 0 aromatic carbocycles. The van der Waals surface area contributed by atoms with E-state index in [2.05, 4.69) is 10.3 Å². The number of rotatable bonds is 4. The van der Waals surface area contributed by atoms with Crippen molar-refractivity contribution in [3.8, 4) is 0 Å². The molecule has 0 unspecified atom stereocenters. The van der Waals surface area contributed by atoms with Crippen molar-refractivity contribution < 1.29 is 5.11 Å². The van der Waals surface area contributed by atoms with Gasteiger partial charge in [-0.2, -0.15) is 0 Å². The van der Waals surface area contributed by atoms with Crippen molar-refractivity contribution in [1.29, 1.82) is 0 Å². The third kappa shape index (κ3) is 2.11. The minimum absolute atomic E-state index is 0.406. The Kier molecular flexibility index (Phi) is 2.38. The average molecular weight is 180 g/mol. The number of nitrogens with one attached hydrogen (secondary N) is 2. The monoisotopic (exact) mass is 180 g/mol. The minimum Gasteiger partial charge on any atom is -0.389 e. The highest BCUT2D eigenvalue weighted by Gasteiger charge is 2.33. The number of aliphatic hydroxyl groups is 1. The first-order valence-electron chi connectivity index (χ1n) is 4.83. The van der Waals surface area contributed by atoms with E-state index in [-0.39, 0.29) is 0 Å². The summed E-state index contributed by atoms with van der Waals surface area (Å²) in [5, 5.41) is 13.0. The van der Waals surface area contributed by atoms with Crippen LogP contribution in [0.2, 0.25) is 0 Å². The molecule has 72 valence electrons. The Balaban J connectivity index is 1.69. The van der Waals surface area contributed by atoms with Gasteiger partial charge < -0.3 is 15.4 Å². The van der Waals surface area contributed by atoms with E-state index < -0.39 is 5.60 Å². The quantitative estimate of drug-likeness (QED) is 0.648. The lowest BCUT2D eigenvalue weighted by atomic mass is 9.80. The van der Waals surface area contributed by atoms with Gasteiger partial charge in [0.25, 0.3) is 0 Å². The van der Waals surface area contributed by atoms with Gasteiger partial charge in [0.2, 0.25) is 0 Å². The van der Waals surface area contributed by atoms with Crippen molar-refractivity contribution in [1.82, 2.24) is 10.3 Å². The molecule has 1 aromatic rings. The van der Waals surface area contributed by atoms with Gasteiger partial charge in [-0.3, -0.25) is 0 Å². The molecule has 3 nitrogen and oxygen atoms in total. The Hall–Kier alpha value is -0.800.